The molecule has 0 aromatic heterocycles. The summed E-state index contributed by atoms with van der Waals surface area (Å²) in [5, 5.41) is 0. The zero-order valence-electron chi connectivity index (χ0n) is 11.0. The van der Waals surface area contributed by atoms with Gasteiger partial charge in [-0.2, -0.15) is 0 Å². The third-order valence-corrected chi connectivity index (χ3v) is 3.47. The molecule has 0 aromatic rings. The number of nitrogens with zero attached hydrogens (tertiary/aromatic N) is 1. The maximum atomic E-state index is 10.8. The number of ether oxygens (including phenoxy) is 1. The van der Waals surface area contributed by atoms with Crippen molar-refractivity contribution in [2.24, 2.45) is 0 Å². The van der Waals surface area contributed by atoms with E-state index in [1.54, 1.807) is 0 Å². The molecule has 0 rings (SSSR count). The second kappa shape index (κ2) is 7.69. The van der Waals surface area contributed by atoms with E-state index in [1.165, 1.54) is 0 Å². The number of rotatable bonds is 9. The predicted molar refractivity (Wildman–Crippen MR) is 69.1 cm³/mol. The van der Waals surface area contributed by atoms with Crippen LogP contribution in [0.2, 0.25) is 0 Å². The van der Waals surface area contributed by atoms with E-state index in [-0.39, 0.29) is 6.16 Å². The Kier molecular flexibility index (Phi) is 7.40. The van der Waals surface area contributed by atoms with Gasteiger partial charge in [0.05, 0.1) is 26.8 Å². The van der Waals surface area contributed by atoms with E-state index >= 15 is 0 Å². The van der Waals surface area contributed by atoms with Gasteiger partial charge >= 0.3 is 13.6 Å². The minimum Gasteiger partial charge on any atom is -0.457 e. The standard InChI is InChI=1S/C11H22NO5P/c1-4-11(13)17-9-8-12(2,3)7-5-6-10-18(14,15)16/h4H,1,5-10H2,2-3H3,(H-,14,15,16)/p+1. The van der Waals surface area contributed by atoms with E-state index < -0.39 is 13.6 Å². The molecule has 0 saturated heterocycles. The summed E-state index contributed by atoms with van der Waals surface area (Å²) in [5.41, 5.74) is 0. The first kappa shape index (κ1) is 17.3. The van der Waals surface area contributed by atoms with Crippen LogP contribution in [-0.4, -0.2) is 60.2 Å². The van der Waals surface area contributed by atoms with E-state index in [0.29, 0.717) is 24.1 Å². The van der Waals surface area contributed by atoms with Crippen LogP contribution in [0, 0.1) is 0 Å². The van der Waals surface area contributed by atoms with Crippen LogP contribution in [-0.2, 0) is 14.1 Å². The number of likely N-dealkylation sites (N-methyl/N-ethyl adjacent to an activating group) is 1. The van der Waals surface area contributed by atoms with Crippen molar-refractivity contribution in [2.75, 3.05) is 40.0 Å². The fourth-order valence-electron chi connectivity index (χ4n) is 1.42. The minimum absolute atomic E-state index is 0.0710. The van der Waals surface area contributed by atoms with Gasteiger partial charge in [-0.25, -0.2) is 4.79 Å². The predicted octanol–water partition coefficient (Wildman–Crippen LogP) is 0.750. The van der Waals surface area contributed by atoms with Crippen LogP contribution >= 0.6 is 7.60 Å². The summed E-state index contributed by atoms with van der Waals surface area (Å²) in [6, 6.07) is 0. The highest BCUT2D eigenvalue weighted by Gasteiger charge is 2.17. The number of esters is 1. The van der Waals surface area contributed by atoms with Gasteiger partial charge < -0.3 is 19.0 Å². The third kappa shape index (κ3) is 10.5. The molecule has 0 atom stereocenters. The fraction of sp³-hybridized carbons (Fsp3) is 0.727. The lowest BCUT2D eigenvalue weighted by atomic mass is 10.3. The molecule has 0 amide bonds. The van der Waals surface area contributed by atoms with Gasteiger partial charge in [-0.15, -0.1) is 0 Å². The Morgan fingerprint density at radius 3 is 2.44 bits per heavy atom. The number of carbonyl (C=O) groups excluding carboxylic acids is 1. The smallest absolute Gasteiger partial charge is 0.330 e. The fourth-order valence-corrected chi connectivity index (χ4v) is 2.06. The van der Waals surface area contributed by atoms with Crippen molar-refractivity contribution in [3.63, 3.8) is 0 Å². The van der Waals surface area contributed by atoms with Crippen molar-refractivity contribution in [1.29, 1.82) is 0 Å². The molecule has 0 spiro atoms. The van der Waals surface area contributed by atoms with Gasteiger partial charge in [0, 0.05) is 6.08 Å². The SMILES string of the molecule is C=CC(=O)OCC[N+](C)(C)CCCCP(=O)(O)O. The normalized spacial score (nSPS) is 12.2. The lowest BCUT2D eigenvalue weighted by molar-refractivity contribution is -0.890. The zero-order chi connectivity index (χ0) is 14.2. The molecule has 0 radical (unpaired) electrons. The molecule has 0 bridgehead atoms. The summed E-state index contributed by atoms with van der Waals surface area (Å²) >= 11 is 0. The Morgan fingerprint density at radius 1 is 1.33 bits per heavy atom. The summed E-state index contributed by atoms with van der Waals surface area (Å²) in [5.74, 6) is -0.434. The molecule has 6 nitrogen and oxygen atoms in total. The molecule has 0 aliphatic carbocycles. The van der Waals surface area contributed by atoms with Gasteiger partial charge in [0.25, 0.3) is 0 Å². The maximum absolute atomic E-state index is 10.8. The highest BCUT2D eigenvalue weighted by atomic mass is 31.2. The molecular weight excluding hydrogens is 257 g/mol. The third-order valence-electron chi connectivity index (χ3n) is 2.57. The summed E-state index contributed by atoms with van der Waals surface area (Å²) in [6.07, 6.45) is 2.28. The van der Waals surface area contributed by atoms with Gasteiger partial charge in [0.1, 0.15) is 13.2 Å². The molecule has 0 aliphatic heterocycles. The summed E-state index contributed by atoms with van der Waals surface area (Å²) < 4.78 is 16.2. The lowest BCUT2D eigenvalue weighted by Crippen LogP contribution is -2.43. The van der Waals surface area contributed by atoms with Crippen molar-refractivity contribution in [1.82, 2.24) is 0 Å². The monoisotopic (exact) mass is 280 g/mol. The number of hydrogen-bond donors (Lipinski definition) is 2. The molecule has 0 saturated carbocycles. The molecule has 0 fully saturated rings. The zero-order valence-corrected chi connectivity index (χ0v) is 11.9. The Bertz CT molecular complexity index is 323. The Balaban J connectivity index is 3.76. The highest BCUT2D eigenvalue weighted by molar-refractivity contribution is 7.51. The van der Waals surface area contributed by atoms with Crippen LogP contribution < -0.4 is 0 Å². The van der Waals surface area contributed by atoms with Crippen molar-refractivity contribution >= 4 is 13.6 Å². The molecule has 2 N–H and O–H groups in total. The van der Waals surface area contributed by atoms with E-state index in [9.17, 15) is 9.36 Å². The van der Waals surface area contributed by atoms with Crippen LogP contribution in [0.15, 0.2) is 12.7 Å². The molecule has 0 aromatic carbocycles. The quantitative estimate of drug-likeness (QED) is 0.214. The largest absolute Gasteiger partial charge is 0.457 e. The summed E-state index contributed by atoms with van der Waals surface area (Å²) in [6.45, 7) is 5.07. The minimum atomic E-state index is -3.87. The molecule has 7 heteroatoms. The molecule has 0 aliphatic rings. The molecule has 0 unspecified atom stereocenters. The van der Waals surface area contributed by atoms with Gasteiger partial charge in [0.15, 0.2) is 0 Å². The van der Waals surface area contributed by atoms with Gasteiger partial charge in [0.2, 0.25) is 0 Å². The molecule has 0 heterocycles. The summed E-state index contributed by atoms with van der Waals surface area (Å²) in [7, 11) is 0.0972. The number of unbranched alkanes of at least 4 members (excludes halogenated alkanes) is 1. The Hall–Kier alpha value is -0.680. The lowest BCUT2D eigenvalue weighted by Gasteiger charge is -2.29. The first-order valence-electron chi connectivity index (χ1n) is 5.82. The van der Waals surface area contributed by atoms with Crippen molar-refractivity contribution in [3.05, 3.63) is 12.7 Å². The Morgan fingerprint density at radius 2 is 1.94 bits per heavy atom. The van der Waals surface area contributed by atoms with Gasteiger partial charge in [-0.05, 0) is 12.8 Å². The average Bonchev–Trinajstić information content (AvgIpc) is 2.23. The number of quaternary nitrogens is 1. The number of carbonyl (C=O) groups is 1. The topological polar surface area (TPSA) is 83.8 Å². The molecular formula is C11H23NO5P+. The van der Waals surface area contributed by atoms with Crippen molar-refractivity contribution < 1.29 is 28.4 Å². The molecule has 18 heavy (non-hydrogen) atoms. The highest BCUT2D eigenvalue weighted by Crippen LogP contribution is 2.35. The number of hydrogen-bond acceptors (Lipinski definition) is 3. The van der Waals surface area contributed by atoms with Crippen LogP contribution in [0.5, 0.6) is 0 Å². The van der Waals surface area contributed by atoms with Gasteiger partial charge in [-0.1, -0.05) is 6.58 Å². The van der Waals surface area contributed by atoms with Crippen LogP contribution in [0.1, 0.15) is 12.8 Å². The molecule has 106 valence electrons. The second-order valence-corrected chi connectivity index (χ2v) is 6.63. The van der Waals surface area contributed by atoms with E-state index in [4.69, 9.17) is 14.5 Å². The van der Waals surface area contributed by atoms with Crippen LogP contribution in [0.3, 0.4) is 0 Å². The maximum Gasteiger partial charge on any atom is 0.330 e. The van der Waals surface area contributed by atoms with E-state index in [1.807, 2.05) is 14.1 Å². The van der Waals surface area contributed by atoms with Crippen LogP contribution in [0.25, 0.3) is 0 Å². The first-order chi connectivity index (χ1) is 8.16. The van der Waals surface area contributed by atoms with E-state index in [0.717, 1.165) is 19.0 Å². The first-order valence-corrected chi connectivity index (χ1v) is 7.62. The summed E-state index contributed by atoms with van der Waals surface area (Å²) in [4.78, 5) is 28.3. The van der Waals surface area contributed by atoms with E-state index in [2.05, 4.69) is 6.58 Å². The van der Waals surface area contributed by atoms with Gasteiger partial charge in [-0.3, -0.25) is 4.57 Å². The van der Waals surface area contributed by atoms with Crippen LogP contribution in [0.4, 0.5) is 0 Å². The average molecular weight is 280 g/mol. The second-order valence-electron chi connectivity index (χ2n) is 4.85. The Labute approximate surface area is 108 Å². The van der Waals surface area contributed by atoms with Crippen molar-refractivity contribution in [3.8, 4) is 0 Å². The van der Waals surface area contributed by atoms with Crippen molar-refractivity contribution in [2.45, 2.75) is 12.8 Å².